The summed E-state index contributed by atoms with van der Waals surface area (Å²) in [5.74, 6) is 1.36. The van der Waals surface area contributed by atoms with Crippen molar-refractivity contribution in [1.82, 2.24) is 0 Å². The summed E-state index contributed by atoms with van der Waals surface area (Å²) in [6.45, 7) is 10.8. The zero-order valence-electron chi connectivity index (χ0n) is 8.74. The van der Waals surface area contributed by atoms with E-state index >= 15 is 0 Å². The first-order valence-electron chi connectivity index (χ1n) is 3.33. The molecule has 6 radical (unpaired) electrons. The fourth-order valence-electron chi connectivity index (χ4n) is 0.628. The smallest absolute Gasteiger partial charge is 0 e. The average Bonchev–Trinajstić information content (AvgIpc) is 1.89. The van der Waals surface area contributed by atoms with Gasteiger partial charge in [-0.2, -0.15) is 13.5 Å². The molecule has 0 heterocycles. The molecule has 0 fully saturated rings. The average molecular weight is 489 g/mol. The van der Waals surface area contributed by atoms with Crippen molar-refractivity contribution in [1.29, 1.82) is 0 Å². The Bertz CT molecular complexity index is 119. The second-order valence-corrected chi connectivity index (χ2v) is 2.21. The number of hydrogen-bond acceptors (Lipinski definition) is 0. The molecule has 0 spiro atoms. The summed E-state index contributed by atoms with van der Waals surface area (Å²) in [5, 5.41) is 0. The summed E-state index contributed by atoms with van der Waals surface area (Å²) < 4.78 is 0. The van der Waals surface area contributed by atoms with Crippen molar-refractivity contribution in [2.45, 2.75) is 19.8 Å². The molecule has 0 bridgehead atoms. The van der Waals surface area contributed by atoms with E-state index in [1.165, 1.54) is 5.92 Å². The molecule has 0 aliphatic rings. The molecule has 0 aliphatic carbocycles. The maximum absolute atomic E-state index is 5.24. The van der Waals surface area contributed by atoms with Gasteiger partial charge >= 0.3 is 0 Å². The van der Waals surface area contributed by atoms with Crippen LogP contribution in [0.15, 0.2) is 18.4 Å². The van der Waals surface area contributed by atoms with Gasteiger partial charge < -0.3 is 24.5 Å². The van der Waals surface area contributed by atoms with Crippen LogP contribution in [0.2, 0.25) is 0 Å². The minimum atomic E-state index is 0. The van der Waals surface area contributed by atoms with Crippen LogP contribution in [0, 0.1) is 25.7 Å². The summed E-state index contributed by atoms with van der Waals surface area (Å²) in [5.41, 5.74) is 2.68. The molecule has 4 heteroatoms. The van der Waals surface area contributed by atoms with Gasteiger partial charge in [-0.3, -0.25) is 6.42 Å². The van der Waals surface area contributed by atoms with Crippen LogP contribution < -0.4 is 0 Å². The maximum Gasteiger partial charge on any atom is 0 e. The molecule has 0 amide bonds. The van der Waals surface area contributed by atoms with Crippen LogP contribution >= 0.6 is 0 Å². The Morgan fingerprint density at radius 3 is 2.14 bits per heavy atom. The predicted molar refractivity (Wildman–Crippen MR) is 44.8 cm³/mol. The first-order chi connectivity index (χ1) is 4.81. The predicted octanol–water partition coefficient (Wildman–Crippen LogP) is 2.81. The molecule has 0 aliphatic heterocycles. The van der Waals surface area contributed by atoms with Crippen LogP contribution in [0.1, 0.15) is 19.8 Å². The molecule has 68 valence electrons. The largest absolute Gasteiger partial charge is 0.359 e. The molecular weight excluding hydrogens is 476 g/mol. The van der Waals surface area contributed by atoms with Gasteiger partial charge in [0, 0.05) is 131 Å². The van der Waals surface area contributed by atoms with Gasteiger partial charge in [-0.25, -0.2) is 19.4 Å². The molecule has 0 N–H and O–H groups in total. The van der Waals surface area contributed by atoms with Gasteiger partial charge in [-0.15, -0.1) is 0 Å². The molecule has 0 unspecified atom stereocenters. The van der Waals surface area contributed by atoms with Crippen LogP contribution in [0.5, 0.6) is 0 Å². The topological polar surface area (TPSA) is 0 Å². The van der Waals surface area contributed by atoms with Gasteiger partial charge in [-0.1, -0.05) is 0 Å². The van der Waals surface area contributed by atoms with E-state index in [-0.39, 0.29) is 131 Å². The van der Waals surface area contributed by atoms with Gasteiger partial charge in [0.25, 0.3) is 0 Å². The van der Waals surface area contributed by atoms with Crippen molar-refractivity contribution < 1.29 is 131 Å². The molecule has 0 aromatic rings. The minimum absolute atomic E-state index is 0. The monoisotopic (exact) mass is 489 g/mol. The minimum Gasteiger partial charge on any atom is -0.359 e. The Hall–Kier alpha value is 3.81. The Kier molecular flexibility index (Phi) is 56.1. The molecule has 0 aromatic heterocycles. The summed E-state index contributed by atoms with van der Waals surface area (Å²) >= 11 is 0. The van der Waals surface area contributed by atoms with E-state index in [0.29, 0.717) is 0 Å². The molecule has 0 rings (SSSR count). The Labute approximate surface area is 190 Å². The zero-order valence-corrected chi connectivity index (χ0v) is 20.1. The number of allylic oxidation sites excluding steroid dienone is 1. The first-order valence-corrected chi connectivity index (χ1v) is 3.33. The van der Waals surface area contributed by atoms with E-state index in [1.807, 2.05) is 12.5 Å². The van der Waals surface area contributed by atoms with Crippen LogP contribution in [-0.2, 0) is 131 Å². The van der Waals surface area contributed by atoms with E-state index < -0.39 is 0 Å². The summed E-state index contributed by atoms with van der Waals surface area (Å²) in [6, 6.07) is 0. The van der Waals surface area contributed by atoms with Gasteiger partial charge in [0.05, 0.1) is 0 Å². The van der Waals surface area contributed by atoms with Crippen LogP contribution in [0.3, 0.4) is 0 Å². The second kappa shape index (κ2) is 25.6. The maximum atomic E-state index is 5.24. The molecule has 0 aromatic carbocycles. The molecule has 14 heavy (non-hydrogen) atoms. The van der Waals surface area contributed by atoms with Gasteiger partial charge in [0.1, 0.15) is 0 Å². The molecule has 0 saturated carbocycles. The van der Waals surface area contributed by atoms with Crippen molar-refractivity contribution in [2.24, 2.45) is 0 Å². The summed E-state index contributed by atoms with van der Waals surface area (Å²) in [4.78, 5) is 0. The van der Waals surface area contributed by atoms with E-state index in [2.05, 4.69) is 19.2 Å². The fraction of sp³-hybridized carbons (Fsp3) is 0.300. The molecule has 0 saturated heterocycles. The molecule has 0 nitrogen and oxygen atoms in total. The third-order valence-corrected chi connectivity index (χ3v) is 1.17. The van der Waals surface area contributed by atoms with Crippen LogP contribution in [0.4, 0.5) is 0 Å². The number of rotatable bonds is 5. The van der Waals surface area contributed by atoms with Gasteiger partial charge in [0.2, 0.25) is 0 Å². The van der Waals surface area contributed by atoms with Crippen LogP contribution in [-0.4, -0.2) is 0 Å². The van der Waals surface area contributed by atoms with Gasteiger partial charge in [-0.05, 0) is 0 Å². The van der Waals surface area contributed by atoms with E-state index in [9.17, 15) is 0 Å². The molecule has 0 atom stereocenters. The van der Waals surface area contributed by atoms with Crippen LogP contribution in [0.25, 0.3) is 0 Å². The van der Waals surface area contributed by atoms with E-state index in [1.54, 1.807) is 6.42 Å². The quantitative estimate of drug-likeness (QED) is 0.412. The van der Waals surface area contributed by atoms with Crippen molar-refractivity contribution >= 4 is 0 Å². The number of hydrogen-bond donors (Lipinski definition) is 0. The first kappa shape index (κ1) is 30.7. The third-order valence-electron chi connectivity index (χ3n) is 1.17. The molecular formula is C10H13Y4-3. The Morgan fingerprint density at radius 1 is 1.29 bits per heavy atom. The van der Waals surface area contributed by atoms with Gasteiger partial charge in [0.15, 0.2) is 0 Å². The van der Waals surface area contributed by atoms with Crippen molar-refractivity contribution in [3.63, 3.8) is 0 Å². The van der Waals surface area contributed by atoms with E-state index in [4.69, 9.17) is 6.92 Å². The zero-order chi connectivity index (χ0) is 7.82. The van der Waals surface area contributed by atoms with Crippen molar-refractivity contribution in [3.05, 3.63) is 44.1 Å². The summed E-state index contributed by atoms with van der Waals surface area (Å²) in [7, 11) is 0. The Morgan fingerprint density at radius 2 is 1.79 bits per heavy atom. The second-order valence-electron chi connectivity index (χ2n) is 2.21. The van der Waals surface area contributed by atoms with Crippen molar-refractivity contribution in [3.8, 4) is 0 Å². The fourth-order valence-corrected chi connectivity index (χ4v) is 0.628. The van der Waals surface area contributed by atoms with E-state index in [0.717, 1.165) is 12.8 Å². The SMILES string of the molecule is [CH][CH-]C[C-](C)C[CH-]C=C=C.[Y].[Y].[Y].[Y]. The standard InChI is InChI=1S/C10H13.4Y/c1-4-6-7-9-10(3)8-5-2;;;;/h2,5-7H,1,8-9H2,3H3;;;;/q-3;;;;. The third kappa shape index (κ3) is 24.9. The van der Waals surface area contributed by atoms with Crippen molar-refractivity contribution in [2.75, 3.05) is 0 Å². The normalized spacial score (nSPS) is 6.50. The summed E-state index contributed by atoms with van der Waals surface area (Å²) in [6.07, 6.45) is 7.37. The Balaban J connectivity index is -0.0000000675.